The number of ether oxygens (including phenoxy) is 1. The predicted octanol–water partition coefficient (Wildman–Crippen LogP) is 2.81. The topological polar surface area (TPSA) is 39.2 Å². The molecule has 0 amide bonds. The second-order valence-electron chi connectivity index (χ2n) is 7.87. The number of aromatic hydroxyl groups is 1. The summed E-state index contributed by atoms with van der Waals surface area (Å²) >= 11 is 0. The Balaban J connectivity index is 1.28. The maximum Gasteiger partial charge on any atom is 0.117 e. The van der Waals surface area contributed by atoms with Crippen molar-refractivity contribution in [2.45, 2.75) is 19.1 Å². The summed E-state index contributed by atoms with van der Waals surface area (Å²) in [7, 11) is 0. The molecular weight excluding hydrogens is 350 g/mol. The first kappa shape index (κ1) is 19.2. The van der Waals surface area contributed by atoms with Crippen LogP contribution in [0, 0.1) is 0 Å². The van der Waals surface area contributed by atoms with E-state index < -0.39 is 0 Å². The van der Waals surface area contributed by atoms with Gasteiger partial charge in [0, 0.05) is 70.7 Å². The van der Waals surface area contributed by atoms with Gasteiger partial charge in [-0.2, -0.15) is 0 Å². The molecule has 1 atom stereocenters. The van der Waals surface area contributed by atoms with Gasteiger partial charge in [-0.25, -0.2) is 0 Å². The molecular formula is C23H31N3O2. The summed E-state index contributed by atoms with van der Waals surface area (Å²) in [5, 5.41) is 9.71. The Labute approximate surface area is 168 Å². The lowest BCUT2D eigenvalue weighted by molar-refractivity contribution is 0.0246. The van der Waals surface area contributed by atoms with Crippen LogP contribution in [0.4, 0.5) is 5.69 Å². The van der Waals surface area contributed by atoms with Gasteiger partial charge in [0.05, 0.1) is 6.10 Å². The van der Waals surface area contributed by atoms with E-state index in [1.807, 2.05) is 12.1 Å². The summed E-state index contributed by atoms with van der Waals surface area (Å²) in [6.45, 7) is 9.03. The van der Waals surface area contributed by atoms with Crippen molar-refractivity contribution in [3.8, 4) is 5.75 Å². The van der Waals surface area contributed by atoms with E-state index in [0.29, 0.717) is 5.75 Å². The number of anilines is 1. The maximum atomic E-state index is 9.71. The summed E-state index contributed by atoms with van der Waals surface area (Å²) in [5.74, 6) is 0.338. The van der Waals surface area contributed by atoms with Crippen LogP contribution in [0.3, 0.4) is 0 Å². The zero-order chi connectivity index (χ0) is 19.2. The van der Waals surface area contributed by atoms with Gasteiger partial charge in [-0.3, -0.25) is 9.80 Å². The van der Waals surface area contributed by atoms with Gasteiger partial charge in [0.25, 0.3) is 0 Å². The number of nitrogens with zero attached hydrogens (tertiary/aromatic N) is 3. The summed E-state index contributed by atoms with van der Waals surface area (Å²) in [5.41, 5.74) is 2.49. The van der Waals surface area contributed by atoms with Gasteiger partial charge in [0.15, 0.2) is 0 Å². The minimum absolute atomic E-state index is 0.276. The number of benzene rings is 2. The highest BCUT2D eigenvalue weighted by molar-refractivity contribution is 5.50. The van der Waals surface area contributed by atoms with Gasteiger partial charge in [0.1, 0.15) is 5.75 Å². The van der Waals surface area contributed by atoms with E-state index in [-0.39, 0.29) is 6.10 Å². The first-order chi connectivity index (χ1) is 13.8. The monoisotopic (exact) mass is 381 g/mol. The average molecular weight is 382 g/mol. The zero-order valence-corrected chi connectivity index (χ0v) is 16.5. The number of piperazine rings is 1. The Hall–Kier alpha value is -2.08. The molecule has 2 aromatic rings. The normalized spacial score (nSPS) is 22.1. The van der Waals surface area contributed by atoms with Crippen molar-refractivity contribution < 1.29 is 9.84 Å². The minimum atomic E-state index is 0.276. The van der Waals surface area contributed by atoms with Crippen LogP contribution in [0.5, 0.6) is 5.75 Å². The number of phenolic OH excluding ortho intramolecular Hbond substituents is 1. The number of hydrogen-bond donors (Lipinski definition) is 1. The standard InChI is InChI=1S/C23H31N3O2/c27-22-9-4-8-21(16-22)26-13-11-24(12-14-26)18-23-19-25(10-5-15-28-23)17-20-6-2-1-3-7-20/h1-4,6-9,16,23,27H,5,10-15,17-19H2. The van der Waals surface area contributed by atoms with Gasteiger partial charge in [-0.15, -0.1) is 0 Å². The van der Waals surface area contributed by atoms with Crippen LogP contribution in [-0.2, 0) is 11.3 Å². The maximum absolute atomic E-state index is 9.71. The second-order valence-corrected chi connectivity index (χ2v) is 7.87. The average Bonchev–Trinajstić information content (AvgIpc) is 2.94. The SMILES string of the molecule is Oc1cccc(N2CCN(CC3CN(Cc4ccccc4)CCCO3)CC2)c1. The van der Waals surface area contributed by atoms with E-state index in [1.54, 1.807) is 6.07 Å². The minimum Gasteiger partial charge on any atom is -0.508 e. The van der Waals surface area contributed by atoms with Crippen molar-refractivity contribution in [1.82, 2.24) is 9.80 Å². The number of hydrogen-bond acceptors (Lipinski definition) is 5. The molecule has 28 heavy (non-hydrogen) atoms. The van der Waals surface area contributed by atoms with Gasteiger partial charge >= 0.3 is 0 Å². The predicted molar refractivity (Wildman–Crippen MR) is 113 cm³/mol. The highest BCUT2D eigenvalue weighted by Gasteiger charge is 2.24. The van der Waals surface area contributed by atoms with E-state index in [4.69, 9.17) is 4.74 Å². The third kappa shape index (κ3) is 5.25. The van der Waals surface area contributed by atoms with E-state index >= 15 is 0 Å². The third-order valence-electron chi connectivity index (χ3n) is 5.71. The fourth-order valence-corrected chi connectivity index (χ4v) is 4.23. The van der Waals surface area contributed by atoms with Gasteiger partial charge in [0.2, 0.25) is 0 Å². The second kappa shape index (κ2) is 9.41. The highest BCUT2D eigenvalue weighted by atomic mass is 16.5. The Kier molecular flexibility index (Phi) is 6.47. The van der Waals surface area contributed by atoms with E-state index in [9.17, 15) is 5.11 Å². The van der Waals surface area contributed by atoms with Gasteiger partial charge in [-0.1, -0.05) is 36.4 Å². The molecule has 2 heterocycles. The summed E-state index contributed by atoms with van der Waals surface area (Å²) in [6, 6.07) is 18.3. The molecule has 4 rings (SSSR count). The van der Waals surface area contributed by atoms with Crippen LogP contribution in [0.1, 0.15) is 12.0 Å². The van der Waals surface area contributed by atoms with Crippen molar-refractivity contribution in [1.29, 1.82) is 0 Å². The molecule has 2 fully saturated rings. The first-order valence-corrected chi connectivity index (χ1v) is 10.4. The molecule has 2 aliphatic heterocycles. The van der Waals surface area contributed by atoms with Crippen LogP contribution in [-0.4, -0.2) is 73.4 Å². The van der Waals surface area contributed by atoms with E-state index in [2.05, 4.69) is 51.1 Å². The number of phenols is 1. The highest BCUT2D eigenvalue weighted by Crippen LogP contribution is 2.21. The largest absolute Gasteiger partial charge is 0.508 e. The molecule has 0 radical (unpaired) electrons. The Bertz CT molecular complexity index is 732. The molecule has 1 unspecified atom stereocenters. The molecule has 2 saturated heterocycles. The van der Waals surface area contributed by atoms with Crippen LogP contribution < -0.4 is 4.90 Å². The van der Waals surface area contributed by atoms with Crippen LogP contribution in [0.2, 0.25) is 0 Å². The van der Waals surface area contributed by atoms with Crippen molar-refractivity contribution in [3.63, 3.8) is 0 Å². The lowest BCUT2D eigenvalue weighted by atomic mass is 10.2. The van der Waals surface area contributed by atoms with E-state index in [1.165, 1.54) is 5.56 Å². The summed E-state index contributed by atoms with van der Waals surface area (Å²) in [4.78, 5) is 7.41. The lowest BCUT2D eigenvalue weighted by Crippen LogP contribution is -2.50. The van der Waals surface area contributed by atoms with Crippen molar-refractivity contribution >= 4 is 5.69 Å². The molecule has 1 N–H and O–H groups in total. The fraction of sp³-hybridized carbons (Fsp3) is 0.478. The molecule has 2 aromatic carbocycles. The molecule has 0 saturated carbocycles. The van der Waals surface area contributed by atoms with Crippen LogP contribution >= 0.6 is 0 Å². The Morgan fingerprint density at radius 1 is 0.893 bits per heavy atom. The molecule has 5 heteroatoms. The lowest BCUT2D eigenvalue weighted by Gasteiger charge is -2.37. The van der Waals surface area contributed by atoms with Gasteiger partial charge < -0.3 is 14.7 Å². The van der Waals surface area contributed by atoms with E-state index in [0.717, 1.165) is 71.1 Å². The number of rotatable bonds is 5. The van der Waals surface area contributed by atoms with Gasteiger partial charge in [-0.05, 0) is 24.1 Å². The van der Waals surface area contributed by atoms with Crippen molar-refractivity contribution in [3.05, 3.63) is 60.2 Å². The molecule has 0 bridgehead atoms. The molecule has 0 aliphatic carbocycles. The van der Waals surface area contributed by atoms with Crippen LogP contribution in [0.15, 0.2) is 54.6 Å². The van der Waals surface area contributed by atoms with Crippen molar-refractivity contribution in [2.24, 2.45) is 0 Å². The zero-order valence-electron chi connectivity index (χ0n) is 16.5. The first-order valence-electron chi connectivity index (χ1n) is 10.4. The smallest absolute Gasteiger partial charge is 0.117 e. The summed E-state index contributed by atoms with van der Waals surface area (Å²) < 4.78 is 6.17. The molecule has 0 aromatic heterocycles. The third-order valence-corrected chi connectivity index (χ3v) is 5.71. The Morgan fingerprint density at radius 2 is 1.71 bits per heavy atom. The van der Waals surface area contributed by atoms with Crippen LogP contribution in [0.25, 0.3) is 0 Å². The molecule has 2 aliphatic rings. The molecule has 5 nitrogen and oxygen atoms in total. The molecule has 150 valence electrons. The molecule has 0 spiro atoms. The van der Waals surface area contributed by atoms with Crippen molar-refractivity contribution in [2.75, 3.05) is 57.3 Å². The Morgan fingerprint density at radius 3 is 2.50 bits per heavy atom. The summed E-state index contributed by atoms with van der Waals surface area (Å²) in [6.07, 6.45) is 1.38. The fourth-order valence-electron chi connectivity index (χ4n) is 4.23. The quantitative estimate of drug-likeness (QED) is 0.862.